The number of nitrogens with zero attached hydrogens (tertiary/aromatic N) is 3. The Labute approximate surface area is 143 Å². The molecule has 0 aliphatic rings. The number of aromatic nitrogens is 2. The number of anilines is 2. The topological polar surface area (TPSA) is 101 Å². The molecule has 1 N–H and O–H groups in total. The van der Waals surface area contributed by atoms with Crippen LogP contribution in [0.15, 0.2) is 47.1 Å². The third kappa shape index (κ3) is 3.19. The Bertz CT molecular complexity index is 958. The summed E-state index contributed by atoms with van der Waals surface area (Å²) in [5.41, 5.74) is 1.82. The molecule has 0 fully saturated rings. The fraction of sp³-hybridized carbons (Fsp3) is 0.111. The number of nitriles is 1. The Morgan fingerprint density at radius 1 is 1.28 bits per heavy atom. The molecule has 0 spiro atoms. The lowest BCUT2D eigenvalue weighted by Gasteiger charge is -2.05. The number of aryl methyl sites for hydroxylation is 1. The van der Waals surface area contributed by atoms with Gasteiger partial charge in [-0.05, 0) is 6.92 Å². The van der Waals surface area contributed by atoms with E-state index in [9.17, 15) is 10.1 Å². The van der Waals surface area contributed by atoms with Crippen molar-refractivity contribution in [3.8, 4) is 17.3 Å². The number of benzene rings is 1. The van der Waals surface area contributed by atoms with Crippen molar-refractivity contribution in [2.75, 3.05) is 12.4 Å². The number of hydrogen-bond acceptors (Lipinski definition) is 7. The summed E-state index contributed by atoms with van der Waals surface area (Å²) < 4.78 is 10.2. The number of methoxy groups -OCH3 is 1. The van der Waals surface area contributed by atoms with Crippen molar-refractivity contribution >= 4 is 17.7 Å². The lowest BCUT2D eigenvalue weighted by Crippen LogP contribution is -2.04. The highest BCUT2D eigenvalue weighted by molar-refractivity contribution is 5.95. The highest BCUT2D eigenvalue weighted by Gasteiger charge is 2.24. The van der Waals surface area contributed by atoms with Crippen molar-refractivity contribution in [1.29, 1.82) is 5.26 Å². The van der Waals surface area contributed by atoms with Gasteiger partial charge in [0, 0.05) is 11.6 Å². The smallest absolute Gasteiger partial charge is 0.342 e. The van der Waals surface area contributed by atoms with Gasteiger partial charge in [-0.15, -0.1) is 0 Å². The molecule has 0 aliphatic heterocycles. The standard InChI is InChI=1S/C18H14N4O3/c1-11-16(18(23)24-2)13(9-19)17(25-11)22-15-8-14(20-10-21-15)12-6-4-3-5-7-12/h3-8,10H,1-2H3,(H,20,21,22). The minimum atomic E-state index is -0.626. The molecule has 0 atom stereocenters. The van der Waals surface area contributed by atoms with E-state index in [2.05, 4.69) is 15.3 Å². The van der Waals surface area contributed by atoms with Crippen molar-refractivity contribution in [2.45, 2.75) is 6.92 Å². The van der Waals surface area contributed by atoms with Crippen LogP contribution in [0.3, 0.4) is 0 Å². The monoisotopic (exact) mass is 334 g/mol. The summed E-state index contributed by atoms with van der Waals surface area (Å²) in [7, 11) is 1.25. The highest BCUT2D eigenvalue weighted by atomic mass is 16.5. The van der Waals surface area contributed by atoms with E-state index in [0.717, 1.165) is 5.56 Å². The van der Waals surface area contributed by atoms with Gasteiger partial charge in [-0.3, -0.25) is 0 Å². The molecule has 0 unspecified atom stereocenters. The fourth-order valence-electron chi connectivity index (χ4n) is 2.40. The van der Waals surface area contributed by atoms with Crippen LogP contribution in [0.5, 0.6) is 0 Å². The molecule has 0 saturated heterocycles. The molecule has 0 aliphatic carbocycles. The number of nitrogens with one attached hydrogen (secondary N) is 1. The Kier molecular flexibility index (Phi) is 4.44. The molecule has 3 rings (SSSR count). The van der Waals surface area contributed by atoms with Crippen LogP contribution in [0.4, 0.5) is 11.7 Å². The van der Waals surface area contributed by atoms with Gasteiger partial charge in [-0.2, -0.15) is 5.26 Å². The molecule has 1 aromatic carbocycles. The minimum absolute atomic E-state index is 0.0734. The van der Waals surface area contributed by atoms with Crippen LogP contribution >= 0.6 is 0 Å². The average Bonchev–Trinajstić information content (AvgIpc) is 2.97. The van der Waals surface area contributed by atoms with Crippen LogP contribution in [-0.2, 0) is 4.74 Å². The molecule has 3 aromatic rings. The van der Waals surface area contributed by atoms with Gasteiger partial charge < -0.3 is 14.5 Å². The molecule has 2 heterocycles. The van der Waals surface area contributed by atoms with E-state index in [1.165, 1.54) is 13.4 Å². The Morgan fingerprint density at radius 2 is 2.04 bits per heavy atom. The Balaban J connectivity index is 1.96. The zero-order valence-corrected chi connectivity index (χ0v) is 13.6. The van der Waals surface area contributed by atoms with E-state index in [4.69, 9.17) is 9.15 Å². The van der Waals surface area contributed by atoms with Gasteiger partial charge in [0.05, 0.1) is 12.8 Å². The maximum atomic E-state index is 11.8. The SMILES string of the molecule is COC(=O)c1c(C)oc(Nc2cc(-c3ccccc3)ncn2)c1C#N. The first-order valence-electron chi connectivity index (χ1n) is 7.40. The van der Waals surface area contributed by atoms with Crippen LogP contribution in [0.1, 0.15) is 21.7 Å². The minimum Gasteiger partial charge on any atom is -0.465 e. The van der Waals surface area contributed by atoms with Gasteiger partial charge in [0.2, 0.25) is 5.88 Å². The number of carbonyl (C=O) groups is 1. The second kappa shape index (κ2) is 6.84. The molecule has 0 bridgehead atoms. The van der Waals surface area contributed by atoms with Gasteiger partial charge in [0.25, 0.3) is 0 Å². The normalized spacial score (nSPS) is 10.1. The quantitative estimate of drug-likeness (QED) is 0.729. The predicted octanol–water partition coefficient (Wildman–Crippen LogP) is 3.45. The molecule has 25 heavy (non-hydrogen) atoms. The average molecular weight is 334 g/mol. The second-order valence-electron chi connectivity index (χ2n) is 5.12. The molecule has 7 nitrogen and oxygen atoms in total. The number of furan rings is 1. The van der Waals surface area contributed by atoms with Crippen molar-refractivity contribution < 1.29 is 13.9 Å². The van der Waals surface area contributed by atoms with Gasteiger partial charge in [-0.25, -0.2) is 14.8 Å². The van der Waals surface area contributed by atoms with E-state index in [1.54, 1.807) is 13.0 Å². The molecule has 7 heteroatoms. The van der Waals surface area contributed by atoms with Gasteiger partial charge in [-0.1, -0.05) is 30.3 Å². The molecular weight excluding hydrogens is 320 g/mol. The first kappa shape index (κ1) is 16.2. The molecule has 0 radical (unpaired) electrons. The third-order valence-electron chi connectivity index (χ3n) is 3.56. The second-order valence-corrected chi connectivity index (χ2v) is 5.12. The highest BCUT2D eigenvalue weighted by Crippen LogP contribution is 2.29. The summed E-state index contributed by atoms with van der Waals surface area (Å²) in [5.74, 6) is 0.246. The summed E-state index contributed by atoms with van der Waals surface area (Å²) in [5, 5.41) is 12.3. The molecule has 2 aromatic heterocycles. The summed E-state index contributed by atoms with van der Waals surface area (Å²) in [4.78, 5) is 20.2. The first-order valence-corrected chi connectivity index (χ1v) is 7.40. The summed E-state index contributed by atoms with van der Waals surface area (Å²) in [6.07, 6.45) is 1.41. The maximum Gasteiger partial charge on any atom is 0.342 e. The van der Waals surface area contributed by atoms with Gasteiger partial charge in [0.1, 0.15) is 35.1 Å². The van der Waals surface area contributed by atoms with E-state index in [0.29, 0.717) is 17.3 Å². The van der Waals surface area contributed by atoms with Crippen LogP contribution in [0, 0.1) is 18.3 Å². The lowest BCUT2D eigenvalue weighted by atomic mass is 10.1. The van der Waals surface area contributed by atoms with E-state index in [-0.39, 0.29) is 17.0 Å². The van der Waals surface area contributed by atoms with Crippen molar-refractivity contribution in [2.24, 2.45) is 0 Å². The van der Waals surface area contributed by atoms with Crippen molar-refractivity contribution in [3.05, 3.63) is 59.6 Å². The molecule has 0 amide bonds. The number of carbonyl (C=O) groups excluding carboxylic acids is 1. The zero-order valence-electron chi connectivity index (χ0n) is 13.6. The van der Waals surface area contributed by atoms with E-state index in [1.807, 2.05) is 36.4 Å². The van der Waals surface area contributed by atoms with Crippen LogP contribution in [-0.4, -0.2) is 23.0 Å². The summed E-state index contributed by atoms with van der Waals surface area (Å²) in [6, 6.07) is 13.3. The predicted molar refractivity (Wildman–Crippen MR) is 90.3 cm³/mol. The van der Waals surface area contributed by atoms with Gasteiger partial charge >= 0.3 is 5.97 Å². The lowest BCUT2D eigenvalue weighted by molar-refractivity contribution is 0.0598. The largest absolute Gasteiger partial charge is 0.465 e. The Hall–Kier alpha value is -3.66. The van der Waals surface area contributed by atoms with Crippen molar-refractivity contribution in [3.63, 3.8) is 0 Å². The molecule has 0 saturated carbocycles. The summed E-state index contributed by atoms with van der Waals surface area (Å²) in [6.45, 7) is 1.59. The third-order valence-corrected chi connectivity index (χ3v) is 3.56. The van der Waals surface area contributed by atoms with Crippen LogP contribution in [0.25, 0.3) is 11.3 Å². The zero-order chi connectivity index (χ0) is 17.8. The molecule has 124 valence electrons. The molecular formula is C18H14N4O3. The number of hydrogen-bond donors (Lipinski definition) is 1. The summed E-state index contributed by atoms with van der Waals surface area (Å²) >= 11 is 0. The van der Waals surface area contributed by atoms with Crippen LogP contribution in [0.2, 0.25) is 0 Å². The van der Waals surface area contributed by atoms with E-state index >= 15 is 0 Å². The van der Waals surface area contributed by atoms with Crippen LogP contribution < -0.4 is 5.32 Å². The first-order chi connectivity index (χ1) is 12.1. The number of esters is 1. The number of ether oxygens (including phenoxy) is 1. The fourth-order valence-corrected chi connectivity index (χ4v) is 2.40. The Morgan fingerprint density at radius 3 is 2.72 bits per heavy atom. The number of rotatable bonds is 4. The van der Waals surface area contributed by atoms with Gasteiger partial charge in [0.15, 0.2) is 0 Å². The maximum absolute atomic E-state index is 11.8. The van der Waals surface area contributed by atoms with Crippen molar-refractivity contribution in [1.82, 2.24) is 9.97 Å². The van der Waals surface area contributed by atoms with E-state index < -0.39 is 5.97 Å².